The fourth-order valence-corrected chi connectivity index (χ4v) is 3.66. The molecule has 1 aliphatic heterocycles. The Hall–Kier alpha value is -3.61. The van der Waals surface area contributed by atoms with Crippen LogP contribution in [0.1, 0.15) is 29.3 Å². The third-order valence-corrected chi connectivity index (χ3v) is 5.05. The highest BCUT2D eigenvalue weighted by Crippen LogP contribution is 2.36. The van der Waals surface area contributed by atoms with Crippen molar-refractivity contribution in [3.8, 4) is 11.3 Å². The zero-order chi connectivity index (χ0) is 20.4. The first-order valence-electron chi connectivity index (χ1n) is 9.53. The lowest BCUT2D eigenvalue weighted by Gasteiger charge is -2.17. The predicted molar refractivity (Wildman–Crippen MR) is 111 cm³/mol. The minimum Gasteiger partial charge on any atom is -0.334 e. The number of benzene rings is 2. The van der Waals surface area contributed by atoms with Gasteiger partial charge in [0.15, 0.2) is 0 Å². The molecule has 1 aliphatic rings. The SMILES string of the molecule is CC(=O)Nc1cccc(C)c1-c1[nH]nc2c1CN(C(=O)NCc1ccccc1)C2. The minimum absolute atomic E-state index is 0.121. The molecule has 3 amide bonds. The maximum Gasteiger partial charge on any atom is 0.318 e. The average Bonchev–Trinajstić information content (AvgIpc) is 3.28. The number of H-pyrrole nitrogens is 1. The summed E-state index contributed by atoms with van der Waals surface area (Å²) in [4.78, 5) is 26.0. The fraction of sp³-hybridized carbons (Fsp3) is 0.227. The van der Waals surface area contributed by atoms with E-state index in [-0.39, 0.29) is 11.9 Å². The number of nitrogens with zero attached hydrogens (tertiary/aromatic N) is 2. The molecule has 29 heavy (non-hydrogen) atoms. The van der Waals surface area contributed by atoms with Crippen molar-refractivity contribution in [3.05, 3.63) is 70.9 Å². The number of aromatic amines is 1. The number of hydrogen-bond acceptors (Lipinski definition) is 3. The van der Waals surface area contributed by atoms with Crippen LogP contribution in [-0.2, 0) is 24.4 Å². The van der Waals surface area contributed by atoms with Crippen molar-refractivity contribution < 1.29 is 9.59 Å². The minimum atomic E-state index is -0.130. The molecule has 1 aromatic heterocycles. The second-order valence-corrected chi connectivity index (χ2v) is 7.20. The topological polar surface area (TPSA) is 90.1 Å². The molecule has 0 aliphatic carbocycles. The van der Waals surface area contributed by atoms with Crippen molar-refractivity contribution in [1.29, 1.82) is 0 Å². The molecule has 0 spiro atoms. The summed E-state index contributed by atoms with van der Waals surface area (Å²) >= 11 is 0. The molecule has 0 bridgehead atoms. The van der Waals surface area contributed by atoms with E-state index >= 15 is 0 Å². The average molecular weight is 389 g/mol. The van der Waals surface area contributed by atoms with Crippen LogP contribution in [0, 0.1) is 6.92 Å². The molecule has 0 radical (unpaired) electrons. The molecular formula is C22H23N5O2. The summed E-state index contributed by atoms with van der Waals surface area (Å²) < 4.78 is 0. The summed E-state index contributed by atoms with van der Waals surface area (Å²) in [6.45, 7) is 4.89. The van der Waals surface area contributed by atoms with Gasteiger partial charge in [-0.05, 0) is 24.1 Å². The Kier molecular flexibility index (Phi) is 5.03. The number of aromatic nitrogens is 2. The van der Waals surface area contributed by atoms with Crippen molar-refractivity contribution in [2.75, 3.05) is 5.32 Å². The number of hydrogen-bond donors (Lipinski definition) is 3. The lowest BCUT2D eigenvalue weighted by Crippen LogP contribution is -2.36. The third-order valence-electron chi connectivity index (χ3n) is 5.05. The van der Waals surface area contributed by atoms with Gasteiger partial charge < -0.3 is 15.5 Å². The van der Waals surface area contributed by atoms with Crippen LogP contribution in [0.2, 0.25) is 0 Å². The predicted octanol–water partition coefficient (Wildman–Crippen LogP) is 3.57. The lowest BCUT2D eigenvalue weighted by molar-refractivity contribution is -0.114. The molecule has 4 rings (SSSR count). The zero-order valence-corrected chi connectivity index (χ0v) is 16.5. The number of carbonyl (C=O) groups excluding carboxylic acids is 2. The van der Waals surface area contributed by atoms with Crippen molar-refractivity contribution in [2.45, 2.75) is 33.5 Å². The van der Waals surface area contributed by atoms with Gasteiger partial charge >= 0.3 is 6.03 Å². The smallest absolute Gasteiger partial charge is 0.318 e. The molecule has 2 aromatic carbocycles. The Labute approximate surface area is 169 Å². The molecule has 7 heteroatoms. The molecule has 3 N–H and O–H groups in total. The van der Waals surface area contributed by atoms with Crippen LogP contribution < -0.4 is 10.6 Å². The summed E-state index contributed by atoms with van der Waals surface area (Å²) in [6.07, 6.45) is 0. The third kappa shape index (κ3) is 3.85. The maximum atomic E-state index is 12.6. The van der Waals surface area contributed by atoms with Gasteiger partial charge in [0.05, 0.1) is 30.2 Å². The highest BCUT2D eigenvalue weighted by molar-refractivity contribution is 5.95. The van der Waals surface area contributed by atoms with E-state index < -0.39 is 0 Å². The van der Waals surface area contributed by atoms with Crippen LogP contribution in [0.3, 0.4) is 0 Å². The van der Waals surface area contributed by atoms with Gasteiger partial charge in [0.2, 0.25) is 5.91 Å². The number of carbonyl (C=O) groups is 2. The standard InChI is InChI=1S/C22H23N5O2/c1-14-7-6-10-18(24-15(2)28)20(14)21-17-12-27(13-19(17)25-26-21)22(29)23-11-16-8-4-3-5-9-16/h3-10H,11-13H2,1-2H3,(H,23,29)(H,24,28)(H,25,26). The number of urea groups is 1. The highest BCUT2D eigenvalue weighted by Gasteiger charge is 2.30. The van der Waals surface area contributed by atoms with Gasteiger partial charge in [0.25, 0.3) is 0 Å². The molecule has 0 saturated heterocycles. The van der Waals surface area contributed by atoms with Crippen molar-refractivity contribution >= 4 is 17.6 Å². The number of amides is 3. The summed E-state index contributed by atoms with van der Waals surface area (Å²) in [5.41, 5.74) is 6.40. The van der Waals surface area contributed by atoms with Gasteiger partial charge in [0, 0.05) is 24.6 Å². The first kappa shape index (κ1) is 18.7. The molecule has 0 atom stereocenters. The molecule has 148 valence electrons. The van der Waals surface area contributed by atoms with E-state index in [0.29, 0.717) is 19.6 Å². The van der Waals surface area contributed by atoms with E-state index in [1.807, 2.05) is 55.5 Å². The summed E-state index contributed by atoms with van der Waals surface area (Å²) in [7, 11) is 0. The highest BCUT2D eigenvalue weighted by atomic mass is 16.2. The molecule has 2 heterocycles. The van der Waals surface area contributed by atoms with Gasteiger partial charge in [0.1, 0.15) is 0 Å². The second-order valence-electron chi connectivity index (χ2n) is 7.20. The van der Waals surface area contributed by atoms with E-state index in [4.69, 9.17) is 0 Å². The summed E-state index contributed by atoms with van der Waals surface area (Å²) in [5.74, 6) is -0.130. The van der Waals surface area contributed by atoms with E-state index in [2.05, 4.69) is 20.8 Å². The Morgan fingerprint density at radius 3 is 2.66 bits per heavy atom. The lowest BCUT2D eigenvalue weighted by atomic mass is 10.00. The van der Waals surface area contributed by atoms with Gasteiger partial charge in [-0.3, -0.25) is 9.89 Å². The van der Waals surface area contributed by atoms with Crippen LogP contribution in [0.25, 0.3) is 11.3 Å². The van der Waals surface area contributed by atoms with Gasteiger partial charge in [-0.1, -0.05) is 42.5 Å². The van der Waals surface area contributed by atoms with E-state index in [1.54, 1.807) is 4.90 Å². The maximum absolute atomic E-state index is 12.6. The van der Waals surface area contributed by atoms with Gasteiger partial charge in [-0.15, -0.1) is 0 Å². The zero-order valence-electron chi connectivity index (χ0n) is 16.5. The summed E-state index contributed by atoms with van der Waals surface area (Å²) in [5, 5.41) is 13.4. The van der Waals surface area contributed by atoms with Crippen LogP contribution >= 0.6 is 0 Å². The van der Waals surface area contributed by atoms with Crippen molar-refractivity contribution in [1.82, 2.24) is 20.4 Å². The Morgan fingerprint density at radius 1 is 1.10 bits per heavy atom. The fourth-order valence-electron chi connectivity index (χ4n) is 3.66. The van der Waals surface area contributed by atoms with Crippen LogP contribution in [0.4, 0.5) is 10.5 Å². The Morgan fingerprint density at radius 2 is 1.90 bits per heavy atom. The molecule has 3 aromatic rings. The van der Waals surface area contributed by atoms with Gasteiger partial charge in [-0.25, -0.2) is 4.79 Å². The molecule has 0 unspecified atom stereocenters. The second kappa shape index (κ2) is 7.79. The van der Waals surface area contributed by atoms with Crippen LogP contribution in [0.5, 0.6) is 0 Å². The Bertz CT molecular complexity index is 1060. The molecule has 0 fully saturated rings. The largest absolute Gasteiger partial charge is 0.334 e. The quantitative estimate of drug-likeness (QED) is 0.637. The van der Waals surface area contributed by atoms with Crippen LogP contribution in [-0.4, -0.2) is 27.0 Å². The van der Waals surface area contributed by atoms with Crippen molar-refractivity contribution in [3.63, 3.8) is 0 Å². The van der Waals surface area contributed by atoms with E-state index in [0.717, 1.165) is 39.3 Å². The monoisotopic (exact) mass is 389 g/mol. The van der Waals surface area contributed by atoms with Gasteiger partial charge in [-0.2, -0.15) is 5.10 Å². The van der Waals surface area contributed by atoms with E-state index in [9.17, 15) is 9.59 Å². The van der Waals surface area contributed by atoms with Crippen LogP contribution in [0.15, 0.2) is 48.5 Å². The number of anilines is 1. The number of nitrogens with one attached hydrogen (secondary N) is 3. The molecular weight excluding hydrogens is 366 g/mol. The Balaban J connectivity index is 1.53. The molecule has 7 nitrogen and oxygen atoms in total. The molecule has 0 saturated carbocycles. The first-order valence-corrected chi connectivity index (χ1v) is 9.53. The number of fused-ring (bicyclic) bond motifs is 1. The number of rotatable bonds is 4. The first-order chi connectivity index (χ1) is 14.0. The van der Waals surface area contributed by atoms with E-state index in [1.165, 1.54) is 6.92 Å². The van der Waals surface area contributed by atoms with Crippen molar-refractivity contribution in [2.24, 2.45) is 0 Å². The summed E-state index contributed by atoms with van der Waals surface area (Å²) in [6, 6.07) is 15.5. The number of aryl methyl sites for hydroxylation is 1. The normalized spacial score (nSPS) is 12.6.